The third-order valence-corrected chi connectivity index (χ3v) is 4.06. The van der Waals surface area contributed by atoms with Crippen LogP contribution in [0.15, 0.2) is 42.5 Å². The van der Waals surface area contributed by atoms with Gasteiger partial charge in [-0.1, -0.05) is 41.4 Å². The number of nitrogens with zero attached hydrogens (tertiary/aromatic N) is 1. The summed E-state index contributed by atoms with van der Waals surface area (Å²) in [6.45, 7) is 2.11. The van der Waals surface area contributed by atoms with Crippen LogP contribution in [0.25, 0.3) is 0 Å². The fraction of sp³-hybridized carbons (Fsp3) is 0.294. The van der Waals surface area contributed by atoms with Crippen molar-refractivity contribution >= 4 is 23.2 Å². The van der Waals surface area contributed by atoms with E-state index in [1.54, 1.807) is 12.1 Å². The van der Waals surface area contributed by atoms with E-state index in [0.717, 1.165) is 11.1 Å². The van der Waals surface area contributed by atoms with Gasteiger partial charge in [-0.05, 0) is 41.8 Å². The molecule has 0 atom stereocenters. The van der Waals surface area contributed by atoms with Crippen LogP contribution >= 0.6 is 23.2 Å². The first-order valence-electron chi connectivity index (χ1n) is 7.10. The Balaban J connectivity index is 2.09. The van der Waals surface area contributed by atoms with Crippen molar-refractivity contribution in [3.8, 4) is 0 Å². The maximum Gasteiger partial charge on any atom is 0.123 e. The van der Waals surface area contributed by atoms with Gasteiger partial charge in [-0.25, -0.2) is 4.39 Å². The maximum atomic E-state index is 13.3. The fourth-order valence-corrected chi connectivity index (χ4v) is 2.62. The molecule has 0 fully saturated rings. The highest BCUT2D eigenvalue weighted by atomic mass is 35.5. The summed E-state index contributed by atoms with van der Waals surface area (Å²) in [4.78, 5) is 2.14. The molecule has 0 aliphatic carbocycles. The second-order valence-electron chi connectivity index (χ2n) is 5.17. The minimum atomic E-state index is -0.242. The first-order valence-corrected chi connectivity index (χ1v) is 7.85. The molecule has 0 spiro atoms. The molecule has 0 radical (unpaired) electrons. The molecule has 118 valence electrons. The number of hydrogen-bond acceptors (Lipinski definition) is 2. The third kappa shape index (κ3) is 5.25. The summed E-state index contributed by atoms with van der Waals surface area (Å²) < 4.78 is 13.3. The van der Waals surface area contributed by atoms with Crippen LogP contribution in [0, 0.1) is 5.82 Å². The highest BCUT2D eigenvalue weighted by Crippen LogP contribution is 2.23. The molecule has 0 aliphatic heterocycles. The van der Waals surface area contributed by atoms with E-state index in [4.69, 9.17) is 28.3 Å². The van der Waals surface area contributed by atoms with Gasteiger partial charge in [0, 0.05) is 26.2 Å². The second-order valence-corrected chi connectivity index (χ2v) is 5.98. The van der Waals surface area contributed by atoms with E-state index in [2.05, 4.69) is 4.90 Å². The van der Waals surface area contributed by atoms with Gasteiger partial charge in [0.2, 0.25) is 0 Å². The Bertz CT molecular complexity index is 621. The van der Waals surface area contributed by atoms with Crippen LogP contribution in [-0.4, -0.2) is 23.2 Å². The molecule has 0 saturated carbocycles. The Morgan fingerprint density at radius 1 is 0.955 bits per heavy atom. The summed E-state index contributed by atoms with van der Waals surface area (Å²) >= 11 is 12.0. The van der Waals surface area contributed by atoms with Crippen molar-refractivity contribution in [1.82, 2.24) is 4.90 Å². The van der Waals surface area contributed by atoms with Gasteiger partial charge in [0.15, 0.2) is 0 Å². The molecule has 0 heterocycles. The van der Waals surface area contributed by atoms with Crippen LogP contribution in [0.5, 0.6) is 0 Å². The van der Waals surface area contributed by atoms with Crippen molar-refractivity contribution in [2.75, 3.05) is 13.2 Å². The van der Waals surface area contributed by atoms with E-state index in [-0.39, 0.29) is 12.4 Å². The Labute approximate surface area is 140 Å². The summed E-state index contributed by atoms with van der Waals surface area (Å²) in [5.74, 6) is -0.242. The van der Waals surface area contributed by atoms with Crippen LogP contribution in [-0.2, 0) is 13.1 Å². The molecule has 1 N–H and O–H groups in total. The number of aliphatic hydroxyl groups excluding tert-OH is 1. The molecule has 2 aromatic carbocycles. The minimum absolute atomic E-state index is 0.126. The highest BCUT2D eigenvalue weighted by Gasteiger charge is 2.09. The summed E-state index contributed by atoms with van der Waals surface area (Å²) in [5, 5.41) is 10.1. The molecule has 2 aromatic rings. The van der Waals surface area contributed by atoms with Gasteiger partial charge in [-0.3, -0.25) is 4.90 Å². The average molecular weight is 342 g/mol. The van der Waals surface area contributed by atoms with Crippen molar-refractivity contribution < 1.29 is 9.50 Å². The molecule has 0 bridgehead atoms. The predicted octanol–water partition coefficient (Wildman–Crippen LogP) is 4.52. The highest BCUT2D eigenvalue weighted by molar-refractivity contribution is 6.42. The zero-order chi connectivity index (χ0) is 15.9. The minimum Gasteiger partial charge on any atom is -0.396 e. The topological polar surface area (TPSA) is 23.5 Å². The summed E-state index contributed by atoms with van der Waals surface area (Å²) in [5.41, 5.74) is 1.93. The molecule has 0 unspecified atom stereocenters. The van der Waals surface area contributed by atoms with E-state index < -0.39 is 0 Å². The fourth-order valence-electron chi connectivity index (χ4n) is 2.30. The van der Waals surface area contributed by atoms with Crippen LogP contribution in [0.2, 0.25) is 10.0 Å². The van der Waals surface area contributed by atoms with Gasteiger partial charge in [-0.2, -0.15) is 0 Å². The Morgan fingerprint density at radius 2 is 1.68 bits per heavy atom. The van der Waals surface area contributed by atoms with Crippen molar-refractivity contribution in [2.45, 2.75) is 19.5 Å². The van der Waals surface area contributed by atoms with Crippen LogP contribution in [0.1, 0.15) is 17.5 Å². The van der Waals surface area contributed by atoms with Crippen LogP contribution < -0.4 is 0 Å². The predicted molar refractivity (Wildman–Crippen MR) is 88.7 cm³/mol. The molecule has 0 aliphatic rings. The largest absolute Gasteiger partial charge is 0.396 e. The number of aliphatic hydroxyl groups is 1. The van der Waals surface area contributed by atoms with Gasteiger partial charge in [0.25, 0.3) is 0 Å². The number of benzene rings is 2. The standard InChI is InChI=1S/C17H18Cl2FNO/c18-16-6-5-14(10-17(16)19)12-21(7-2-8-22)11-13-3-1-4-15(20)9-13/h1,3-6,9-10,22H,2,7-8,11-12H2. The maximum absolute atomic E-state index is 13.3. The smallest absolute Gasteiger partial charge is 0.123 e. The van der Waals surface area contributed by atoms with Crippen LogP contribution in [0.4, 0.5) is 4.39 Å². The normalized spacial score (nSPS) is 11.1. The van der Waals surface area contributed by atoms with Gasteiger partial charge < -0.3 is 5.11 Å². The first-order chi connectivity index (χ1) is 10.6. The quantitative estimate of drug-likeness (QED) is 0.800. The van der Waals surface area contributed by atoms with Gasteiger partial charge in [-0.15, -0.1) is 0 Å². The molecule has 5 heteroatoms. The lowest BCUT2D eigenvalue weighted by atomic mass is 10.1. The summed E-state index contributed by atoms with van der Waals surface area (Å²) in [7, 11) is 0. The lowest BCUT2D eigenvalue weighted by Gasteiger charge is -2.22. The molecule has 0 amide bonds. The lowest BCUT2D eigenvalue weighted by molar-refractivity contribution is 0.212. The van der Waals surface area contributed by atoms with E-state index in [0.29, 0.717) is 36.1 Å². The molecule has 22 heavy (non-hydrogen) atoms. The Hall–Kier alpha value is -1.13. The monoisotopic (exact) mass is 341 g/mol. The SMILES string of the molecule is OCCCN(Cc1cccc(F)c1)Cc1ccc(Cl)c(Cl)c1. The van der Waals surface area contributed by atoms with Crippen molar-refractivity contribution in [3.63, 3.8) is 0 Å². The third-order valence-electron chi connectivity index (χ3n) is 3.32. The van der Waals surface area contributed by atoms with Gasteiger partial charge in [0.1, 0.15) is 5.82 Å². The number of halogens is 3. The summed E-state index contributed by atoms with van der Waals surface area (Å²) in [6, 6.07) is 12.1. The molecular formula is C17H18Cl2FNO. The zero-order valence-electron chi connectivity index (χ0n) is 12.1. The van der Waals surface area contributed by atoms with E-state index >= 15 is 0 Å². The lowest BCUT2D eigenvalue weighted by Crippen LogP contribution is -2.24. The van der Waals surface area contributed by atoms with Gasteiger partial charge in [0.05, 0.1) is 10.0 Å². The van der Waals surface area contributed by atoms with E-state index in [1.807, 2.05) is 18.2 Å². The van der Waals surface area contributed by atoms with Gasteiger partial charge >= 0.3 is 0 Å². The van der Waals surface area contributed by atoms with E-state index in [1.165, 1.54) is 12.1 Å². The number of rotatable bonds is 7. The van der Waals surface area contributed by atoms with E-state index in [9.17, 15) is 4.39 Å². The Kier molecular flexibility index (Phi) is 6.65. The van der Waals surface area contributed by atoms with Crippen LogP contribution in [0.3, 0.4) is 0 Å². The average Bonchev–Trinajstić information content (AvgIpc) is 2.48. The molecule has 0 aromatic heterocycles. The van der Waals surface area contributed by atoms with Crippen molar-refractivity contribution in [2.24, 2.45) is 0 Å². The second kappa shape index (κ2) is 8.49. The molecule has 2 rings (SSSR count). The summed E-state index contributed by atoms with van der Waals surface area (Å²) in [6.07, 6.45) is 0.663. The van der Waals surface area contributed by atoms with Crippen molar-refractivity contribution in [3.05, 3.63) is 69.5 Å². The van der Waals surface area contributed by atoms with Crippen molar-refractivity contribution in [1.29, 1.82) is 0 Å². The first kappa shape index (κ1) is 17.2. The molecule has 2 nitrogen and oxygen atoms in total. The molecule has 0 saturated heterocycles. The zero-order valence-corrected chi connectivity index (χ0v) is 13.6. The molecular weight excluding hydrogens is 324 g/mol. The number of hydrogen-bond donors (Lipinski definition) is 1. The Morgan fingerprint density at radius 3 is 2.32 bits per heavy atom.